The molecule has 0 atom stereocenters. The fourth-order valence-electron chi connectivity index (χ4n) is 2.45. The van der Waals surface area contributed by atoms with E-state index >= 15 is 0 Å². The van der Waals surface area contributed by atoms with Crippen LogP contribution in [0.25, 0.3) is 0 Å². The molecule has 0 unspecified atom stereocenters. The topological polar surface area (TPSA) is 63.4 Å². The standard InChI is InChI=1S/C10H20N2O2S/c11-15(13,14)12(10-6-7-10)8-9-4-2-1-3-5-9/h9-10H,1-8H2,(H2,11,13,14). The minimum atomic E-state index is -3.47. The van der Waals surface area contributed by atoms with Crippen molar-refractivity contribution in [2.45, 2.75) is 51.0 Å². The molecule has 15 heavy (non-hydrogen) atoms. The van der Waals surface area contributed by atoms with Gasteiger partial charge >= 0.3 is 0 Å². The van der Waals surface area contributed by atoms with E-state index in [1.165, 1.54) is 36.4 Å². The summed E-state index contributed by atoms with van der Waals surface area (Å²) in [5, 5.41) is 5.24. The highest BCUT2D eigenvalue weighted by Crippen LogP contribution is 2.32. The van der Waals surface area contributed by atoms with Gasteiger partial charge in [0.2, 0.25) is 0 Å². The zero-order valence-corrected chi connectivity index (χ0v) is 9.88. The Labute approximate surface area is 92.0 Å². The molecule has 0 heterocycles. The first-order valence-electron chi connectivity index (χ1n) is 5.87. The van der Waals surface area contributed by atoms with Crippen LogP contribution in [0.1, 0.15) is 44.9 Å². The van der Waals surface area contributed by atoms with Gasteiger partial charge in [-0.05, 0) is 31.6 Å². The van der Waals surface area contributed by atoms with Gasteiger partial charge in [-0.2, -0.15) is 12.7 Å². The van der Waals surface area contributed by atoms with E-state index in [1.54, 1.807) is 0 Å². The van der Waals surface area contributed by atoms with E-state index in [4.69, 9.17) is 5.14 Å². The molecule has 4 nitrogen and oxygen atoms in total. The second-order valence-corrected chi connectivity index (χ2v) is 6.35. The average molecular weight is 232 g/mol. The molecule has 0 bridgehead atoms. The van der Waals surface area contributed by atoms with Gasteiger partial charge in [0.1, 0.15) is 0 Å². The third-order valence-corrected chi connectivity index (χ3v) is 4.54. The summed E-state index contributed by atoms with van der Waals surface area (Å²) >= 11 is 0. The zero-order valence-electron chi connectivity index (χ0n) is 9.06. The number of hydrogen-bond donors (Lipinski definition) is 1. The van der Waals surface area contributed by atoms with E-state index < -0.39 is 10.2 Å². The Bertz CT molecular complexity index is 305. The molecule has 2 saturated carbocycles. The molecule has 0 saturated heterocycles. The van der Waals surface area contributed by atoms with E-state index in [0.29, 0.717) is 12.5 Å². The monoisotopic (exact) mass is 232 g/mol. The lowest BCUT2D eigenvalue weighted by Gasteiger charge is -2.27. The smallest absolute Gasteiger partial charge is 0.216 e. The Hall–Kier alpha value is -0.130. The Morgan fingerprint density at radius 3 is 2.13 bits per heavy atom. The highest BCUT2D eigenvalue weighted by Gasteiger charge is 2.36. The van der Waals surface area contributed by atoms with Gasteiger partial charge in [-0.3, -0.25) is 0 Å². The molecule has 2 rings (SSSR count). The molecular weight excluding hydrogens is 212 g/mol. The van der Waals surface area contributed by atoms with Crippen molar-refractivity contribution < 1.29 is 8.42 Å². The minimum absolute atomic E-state index is 0.210. The van der Waals surface area contributed by atoms with E-state index in [-0.39, 0.29) is 6.04 Å². The van der Waals surface area contributed by atoms with Gasteiger partial charge in [0.25, 0.3) is 10.2 Å². The van der Waals surface area contributed by atoms with Crippen LogP contribution in [-0.2, 0) is 10.2 Å². The predicted octanol–water partition coefficient (Wildman–Crippen LogP) is 1.23. The van der Waals surface area contributed by atoms with Gasteiger partial charge in [-0.15, -0.1) is 0 Å². The summed E-state index contributed by atoms with van der Waals surface area (Å²) in [6, 6.07) is 0.210. The fraction of sp³-hybridized carbons (Fsp3) is 1.00. The molecule has 88 valence electrons. The van der Waals surface area contributed by atoms with Crippen LogP contribution in [0.3, 0.4) is 0 Å². The second kappa shape index (κ2) is 4.39. The minimum Gasteiger partial charge on any atom is -0.216 e. The summed E-state index contributed by atoms with van der Waals surface area (Å²) in [6.45, 7) is 0.656. The van der Waals surface area contributed by atoms with Gasteiger partial charge in [-0.25, -0.2) is 5.14 Å². The number of nitrogens with zero attached hydrogens (tertiary/aromatic N) is 1. The van der Waals surface area contributed by atoms with Crippen LogP contribution in [0.5, 0.6) is 0 Å². The molecule has 0 spiro atoms. The first-order valence-corrected chi connectivity index (χ1v) is 7.37. The highest BCUT2D eigenvalue weighted by atomic mass is 32.2. The largest absolute Gasteiger partial charge is 0.277 e. The zero-order chi connectivity index (χ0) is 10.9. The Morgan fingerprint density at radius 2 is 1.67 bits per heavy atom. The predicted molar refractivity (Wildman–Crippen MR) is 59.4 cm³/mol. The fourth-order valence-corrected chi connectivity index (χ4v) is 3.49. The van der Waals surface area contributed by atoms with Gasteiger partial charge in [0.05, 0.1) is 0 Å². The summed E-state index contributed by atoms with van der Waals surface area (Å²) in [7, 11) is -3.47. The molecule has 0 aromatic heterocycles. The summed E-state index contributed by atoms with van der Waals surface area (Å²) in [5.41, 5.74) is 0. The van der Waals surface area contributed by atoms with E-state index in [0.717, 1.165) is 12.8 Å². The molecule has 2 aliphatic rings. The first-order chi connectivity index (χ1) is 7.07. The third-order valence-electron chi connectivity index (χ3n) is 3.44. The summed E-state index contributed by atoms with van der Waals surface area (Å²) in [5.74, 6) is 0.540. The summed E-state index contributed by atoms with van der Waals surface area (Å²) < 4.78 is 24.3. The molecule has 0 aromatic rings. The molecular formula is C10H20N2O2S. The van der Waals surface area contributed by atoms with Crippen molar-refractivity contribution in [2.75, 3.05) is 6.54 Å². The lowest BCUT2D eigenvalue weighted by atomic mass is 9.89. The number of hydrogen-bond acceptors (Lipinski definition) is 2. The molecule has 0 aromatic carbocycles. The maximum Gasteiger partial charge on any atom is 0.277 e. The van der Waals surface area contributed by atoms with Crippen molar-refractivity contribution in [3.8, 4) is 0 Å². The molecule has 2 N–H and O–H groups in total. The van der Waals surface area contributed by atoms with Crippen LogP contribution >= 0.6 is 0 Å². The quantitative estimate of drug-likeness (QED) is 0.792. The van der Waals surface area contributed by atoms with Gasteiger partial charge in [0, 0.05) is 12.6 Å². The normalized spacial score (nSPS) is 24.7. The molecule has 2 aliphatic carbocycles. The average Bonchev–Trinajstić information content (AvgIpc) is 2.97. The molecule has 0 radical (unpaired) electrons. The van der Waals surface area contributed by atoms with E-state index in [2.05, 4.69) is 0 Å². The van der Waals surface area contributed by atoms with Gasteiger partial charge in [0.15, 0.2) is 0 Å². The van der Waals surface area contributed by atoms with Crippen molar-refractivity contribution >= 4 is 10.2 Å². The van der Waals surface area contributed by atoms with Crippen molar-refractivity contribution in [3.63, 3.8) is 0 Å². The lowest BCUT2D eigenvalue weighted by Crippen LogP contribution is -2.41. The highest BCUT2D eigenvalue weighted by molar-refractivity contribution is 7.86. The van der Waals surface area contributed by atoms with Crippen LogP contribution in [0, 0.1) is 5.92 Å². The number of rotatable bonds is 4. The van der Waals surface area contributed by atoms with Crippen LogP contribution in [-0.4, -0.2) is 25.3 Å². The summed E-state index contributed by atoms with van der Waals surface area (Å²) in [6.07, 6.45) is 8.10. The van der Waals surface area contributed by atoms with Crippen LogP contribution in [0.2, 0.25) is 0 Å². The van der Waals surface area contributed by atoms with Crippen LogP contribution in [0.15, 0.2) is 0 Å². The maximum absolute atomic E-state index is 11.4. The SMILES string of the molecule is NS(=O)(=O)N(CC1CCCCC1)C1CC1. The third kappa shape index (κ3) is 3.16. The Kier molecular flexibility index (Phi) is 3.33. The number of nitrogens with two attached hydrogens (primary N) is 1. The van der Waals surface area contributed by atoms with Crippen molar-refractivity contribution in [2.24, 2.45) is 11.1 Å². The summed E-state index contributed by atoms with van der Waals surface area (Å²) in [4.78, 5) is 0. The van der Waals surface area contributed by atoms with Crippen LogP contribution < -0.4 is 5.14 Å². The van der Waals surface area contributed by atoms with Crippen molar-refractivity contribution in [3.05, 3.63) is 0 Å². The van der Waals surface area contributed by atoms with Crippen molar-refractivity contribution in [1.29, 1.82) is 0 Å². The second-order valence-electron chi connectivity index (χ2n) is 4.85. The van der Waals surface area contributed by atoms with Crippen LogP contribution in [0.4, 0.5) is 0 Å². The first kappa shape index (κ1) is 11.4. The van der Waals surface area contributed by atoms with E-state index in [1.807, 2.05) is 0 Å². The Morgan fingerprint density at radius 1 is 1.07 bits per heavy atom. The molecule has 0 aliphatic heterocycles. The Balaban J connectivity index is 1.94. The lowest BCUT2D eigenvalue weighted by molar-refractivity contribution is 0.274. The van der Waals surface area contributed by atoms with Gasteiger partial charge < -0.3 is 0 Å². The molecule has 0 amide bonds. The maximum atomic E-state index is 11.4. The van der Waals surface area contributed by atoms with Gasteiger partial charge in [-0.1, -0.05) is 19.3 Å². The molecule has 5 heteroatoms. The van der Waals surface area contributed by atoms with E-state index in [9.17, 15) is 8.42 Å². The molecule has 2 fully saturated rings. The van der Waals surface area contributed by atoms with Crippen molar-refractivity contribution in [1.82, 2.24) is 4.31 Å².